The summed E-state index contributed by atoms with van der Waals surface area (Å²) in [5, 5.41) is 12.4. The highest BCUT2D eigenvalue weighted by molar-refractivity contribution is 5.89. The van der Waals surface area contributed by atoms with Crippen molar-refractivity contribution < 1.29 is 9.90 Å². The van der Waals surface area contributed by atoms with Gasteiger partial charge in [-0.1, -0.05) is 0 Å². The Labute approximate surface area is 91.7 Å². The molecule has 0 radical (unpaired) electrons. The highest BCUT2D eigenvalue weighted by Crippen LogP contribution is 2.20. The van der Waals surface area contributed by atoms with Crippen LogP contribution in [0.25, 0.3) is 11.0 Å². The first-order valence-electron chi connectivity index (χ1n) is 4.87. The molecular weight excluding hydrogens is 208 g/mol. The summed E-state index contributed by atoms with van der Waals surface area (Å²) in [5.41, 5.74) is 1.66. The second kappa shape index (κ2) is 3.80. The lowest BCUT2D eigenvalue weighted by atomic mass is 10.3. The van der Waals surface area contributed by atoms with Crippen molar-refractivity contribution in [2.45, 2.75) is 19.9 Å². The molecule has 0 fully saturated rings. The smallest absolute Gasteiger partial charge is 0.325 e. The molecule has 84 valence electrons. The first kappa shape index (κ1) is 10.4. The lowest BCUT2D eigenvalue weighted by Crippen LogP contribution is -2.25. The van der Waals surface area contributed by atoms with Crippen LogP contribution in [0, 0.1) is 6.92 Å². The van der Waals surface area contributed by atoms with E-state index in [1.54, 1.807) is 6.92 Å². The van der Waals surface area contributed by atoms with E-state index in [1.807, 2.05) is 13.0 Å². The maximum atomic E-state index is 10.7. The third-order valence-corrected chi connectivity index (χ3v) is 2.28. The number of aliphatic carboxylic acids is 1. The lowest BCUT2D eigenvalue weighted by molar-refractivity contribution is -0.137. The van der Waals surface area contributed by atoms with Crippen molar-refractivity contribution in [3.05, 3.63) is 18.1 Å². The zero-order chi connectivity index (χ0) is 11.7. The molecule has 0 amide bonds. The molecule has 0 aromatic carbocycles. The maximum Gasteiger partial charge on any atom is 0.325 e. The molecule has 6 nitrogen and oxygen atoms in total. The summed E-state index contributed by atoms with van der Waals surface area (Å²) in [6.07, 6.45) is 1.40. The SMILES string of the molecule is Cc1cc2c(NC(C)C(=O)O)ncnc2[nH]1. The molecule has 0 bridgehead atoms. The van der Waals surface area contributed by atoms with E-state index in [1.165, 1.54) is 6.33 Å². The molecular formula is C10H12N4O2. The average Bonchev–Trinajstić information content (AvgIpc) is 2.59. The predicted molar refractivity (Wildman–Crippen MR) is 59.3 cm³/mol. The van der Waals surface area contributed by atoms with Gasteiger partial charge in [-0.15, -0.1) is 0 Å². The molecule has 0 saturated heterocycles. The van der Waals surface area contributed by atoms with E-state index in [4.69, 9.17) is 5.11 Å². The molecule has 1 unspecified atom stereocenters. The van der Waals surface area contributed by atoms with Gasteiger partial charge in [0.2, 0.25) is 0 Å². The molecule has 16 heavy (non-hydrogen) atoms. The van der Waals surface area contributed by atoms with Gasteiger partial charge in [0.25, 0.3) is 0 Å². The topological polar surface area (TPSA) is 90.9 Å². The molecule has 1 atom stereocenters. The zero-order valence-corrected chi connectivity index (χ0v) is 8.98. The fraction of sp³-hybridized carbons (Fsp3) is 0.300. The number of aromatic nitrogens is 3. The lowest BCUT2D eigenvalue weighted by Gasteiger charge is -2.09. The number of carboxylic acids is 1. The summed E-state index contributed by atoms with van der Waals surface area (Å²) in [5.74, 6) is -0.386. The Hall–Kier alpha value is -2.11. The van der Waals surface area contributed by atoms with Gasteiger partial charge in [0.15, 0.2) is 0 Å². The summed E-state index contributed by atoms with van der Waals surface area (Å²) in [6.45, 7) is 3.47. The number of fused-ring (bicyclic) bond motifs is 1. The molecule has 0 spiro atoms. The molecule has 3 N–H and O–H groups in total. The van der Waals surface area contributed by atoms with Crippen LogP contribution in [-0.4, -0.2) is 32.1 Å². The number of carbonyl (C=O) groups is 1. The fourth-order valence-corrected chi connectivity index (χ4v) is 1.45. The minimum atomic E-state index is -0.918. The summed E-state index contributed by atoms with van der Waals surface area (Å²) >= 11 is 0. The Morgan fingerprint density at radius 3 is 3.00 bits per heavy atom. The van der Waals surface area contributed by atoms with Crippen LogP contribution < -0.4 is 5.32 Å². The minimum absolute atomic E-state index is 0.532. The van der Waals surface area contributed by atoms with Crippen LogP contribution in [0.4, 0.5) is 5.82 Å². The molecule has 0 aliphatic rings. The van der Waals surface area contributed by atoms with E-state index in [-0.39, 0.29) is 0 Å². The van der Waals surface area contributed by atoms with Crippen molar-refractivity contribution in [1.29, 1.82) is 0 Å². The Kier molecular flexibility index (Phi) is 2.47. The van der Waals surface area contributed by atoms with Crippen molar-refractivity contribution in [3.63, 3.8) is 0 Å². The molecule has 2 heterocycles. The van der Waals surface area contributed by atoms with Crippen molar-refractivity contribution in [2.75, 3.05) is 5.32 Å². The second-order valence-corrected chi connectivity index (χ2v) is 3.64. The van der Waals surface area contributed by atoms with Gasteiger partial charge >= 0.3 is 5.97 Å². The van der Waals surface area contributed by atoms with Gasteiger partial charge in [-0.2, -0.15) is 0 Å². The van der Waals surface area contributed by atoms with E-state index in [0.29, 0.717) is 11.5 Å². The number of carboxylic acid groups (broad SMARTS) is 1. The van der Waals surface area contributed by atoms with Gasteiger partial charge in [0.05, 0.1) is 5.39 Å². The summed E-state index contributed by atoms with van der Waals surface area (Å²) < 4.78 is 0. The Balaban J connectivity index is 2.40. The van der Waals surface area contributed by atoms with Crippen LogP contribution >= 0.6 is 0 Å². The van der Waals surface area contributed by atoms with Crippen molar-refractivity contribution in [1.82, 2.24) is 15.0 Å². The number of aromatic amines is 1. The van der Waals surface area contributed by atoms with Gasteiger partial charge in [0, 0.05) is 5.69 Å². The van der Waals surface area contributed by atoms with Gasteiger partial charge in [-0.05, 0) is 19.9 Å². The van der Waals surface area contributed by atoms with E-state index in [9.17, 15) is 4.79 Å². The normalized spacial score (nSPS) is 12.6. The number of hydrogen-bond acceptors (Lipinski definition) is 4. The van der Waals surface area contributed by atoms with E-state index in [0.717, 1.165) is 11.1 Å². The first-order chi connectivity index (χ1) is 7.58. The number of nitrogens with one attached hydrogen (secondary N) is 2. The standard InChI is InChI=1S/C10H12N4O2/c1-5-3-7-8(13-5)11-4-12-9(7)14-6(2)10(15)16/h3-4,6H,1-2H3,(H,15,16)(H2,11,12,13,14). The summed E-state index contributed by atoms with van der Waals surface area (Å²) in [4.78, 5) is 21.9. The average molecular weight is 220 g/mol. The van der Waals surface area contributed by atoms with Crippen molar-refractivity contribution >= 4 is 22.8 Å². The molecule has 2 aromatic rings. The van der Waals surface area contributed by atoms with Gasteiger partial charge < -0.3 is 15.4 Å². The summed E-state index contributed by atoms with van der Waals surface area (Å²) in [6, 6.07) is 1.19. The zero-order valence-electron chi connectivity index (χ0n) is 8.98. The first-order valence-corrected chi connectivity index (χ1v) is 4.87. The monoisotopic (exact) mass is 220 g/mol. The highest BCUT2D eigenvalue weighted by atomic mass is 16.4. The largest absolute Gasteiger partial charge is 0.480 e. The van der Waals surface area contributed by atoms with Gasteiger partial charge in [0.1, 0.15) is 23.8 Å². The Morgan fingerprint density at radius 2 is 2.31 bits per heavy atom. The number of H-pyrrole nitrogens is 1. The summed E-state index contributed by atoms with van der Waals surface area (Å²) in [7, 11) is 0. The van der Waals surface area contributed by atoms with Crippen molar-refractivity contribution in [3.8, 4) is 0 Å². The number of anilines is 1. The van der Waals surface area contributed by atoms with E-state index < -0.39 is 12.0 Å². The van der Waals surface area contributed by atoms with E-state index in [2.05, 4.69) is 20.3 Å². The quantitative estimate of drug-likeness (QED) is 0.721. The van der Waals surface area contributed by atoms with E-state index >= 15 is 0 Å². The van der Waals surface area contributed by atoms with Crippen LogP contribution in [0.5, 0.6) is 0 Å². The highest BCUT2D eigenvalue weighted by Gasteiger charge is 2.13. The third-order valence-electron chi connectivity index (χ3n) is 2.28. The third kappa shape index (κ3) is 1.81. The predicted octanol–water partition coefficient (Wildman–Crippen LogP) is 1.15. The van der Waals surface area contributed by atoms with Crippen molar-refractivity contribution in [2.24, 2.45) is 0 Å². The molecule has 0 saturated carbocycles. The number of aryl methyl sites for hydroxylation is 1. The molecule has 2 rings (SSSR count). The minimum Gasteiger partial charge on any atom is -0.480 e. The fourth-order valence-electron chi connectivity index (χ4n) is 1.45. The van der Waals surface area contributed by atoms with Crippen LogP contribution in [0.1, 0.15) is 12.6 Å². The number of hydrogen-bond donors (Lipinski definition) is 3. The second-order valence-electron chi connectivity index (χ2n) is 3.64. The molecule has 0 aliphatic carbocycles. The van der Waals surface area contributed by atoms with Crippen LogP contribution in [0.15, 0.2) is 12.4 Å². The Bertz CT molecular complexity index is 535. The molecule has 0 aliphatic heterocycles. The Morgan fingerprint density at radius 1 is 1.56 bits per heavy atom. The molecule has 2 aromatic heterocycles. The number of nitrogens with zero attached hydrogens (tertiary/aromatic N) is 2. The maximum absolute atomic E-state index is 10.7. The van der Waals surface area contributed by atoms with Gasteiger partial charge in [-0.3, -0.25) is 4.79 Å². The number of rotatable bonds is 3. The van der Waals surface area contributed by atoms with Crippen LogP contribution in [0.2, 0.25) is 0 Å². The van der Waals surface area contributed by atoms with Crippen LogP contribution in [0.3, 0.4) is 0 Å². The van der Waals surface area contributed by atoms with Gasteiger partial charge in [-0.25, -0.2) is 9.97 Å². The van der Waals surface area contributed by atoms with Crippen LogP contribution in [-0.2, 0) is 4.79 Å². The molecule has 6 heteroatoms.